The third kappa shape index (κ3) is 10.2. The van der Waals surface area contributed by atoms with Crippen molar-refractivity contribution in [2.24, 2.45) is 0 Å². The van der Waals surface area contributed by atoms with Crippen LogP contribution in [0, 0.1) is 0 Å². The van der Waals surface area contributed by atoms with Gasteiger partial charge in [0.2, 0.25) is 0 Å². The molecule has 8 nitrogen and oxygen atoms in total. The maximum Gasteiger partial charge on any atom is 0.473 e. The second-order valence-electron chi connectivity index (χ2n) is 6.65. The lowest BCUT2D eigenvalue weighted by Crippen LogP contribution is -2.18. The van der Waals surface area contributed by atoms with Gasteiger partial charge in [0.25, 0.3) is 0 Å². The van der Waals surface area contributed by atoms with Gasteiger partial charge in [-0.15, -0.1) is 0 Å². The molecule has 26 heavy (non-hydrogen) atoms. The number of aliphatic hydroxyl groups is 1. The topological polar surface area (TPSA) is 106 Å². The summed E-state index contributed by atoms with van der Waals surface area (Å²) in [6, 6.07) is 5.05. The van der Waals surface area contributed by atoms with Gasteiger partial charge in [0.05, 0.1) is 32.0 Å². The third-order valence-corrected chi connectivity index (χ3v) is 4.22. The fourth-order valence-electron chi connectivity index (χ4n) is 2.01. The average Bonchev–Trinajstić information content (AvgIpc) is 2.54. The van der Waals surface area contributed by atoms with Crippen LogP contribution in [0.1, 0.15) is 31.9 Å². The normalized spacial score (nSPS) is 14.2. The molecule has 1 atom stereocenters. The Morgan fingerprint density at radius 3 is 2.42 bits per heavy atom. The highest BCUT2D eigenvalue weighted by atomic mass is 31.2. The number of aliphatic hydroxyl groups excluding tert-OH is 1. The first kappa shape index (κ1) is 23.0. The Morgan fingerprint density at radius 1 is 1.12 bits per heavy atom. The lowest BCUT2D eigenvalue weighted by molar-refractivity contribution is 0.0586. The van der Waals surface area contributed by atoms with Gasteiger partial charge in [-0.2, -0.15) is 0 Å². The molecule has 0 aliphatic heterocycles. The molecule has 0 aromatic heterocycles. The Bertz CT molecular complexity index is 589. The van der Waals surface area contributed by atoms with E-state index in [0.717, 1.165) is 6.54 Å². The van der Waals surface area contributed by atoms with E-state index < -0.39 is 13.4 Å². The summed E-state index contributed by atoms with van der Waals surface area (Å²) in [7, 11) is -2.34. The zero-order valence-corrected chi connectivity index (χ0v) is 16.8. The number of ether oxygens (including phenoxy) is 2. The molecular formula is C17H30NO7P. The molecule has 150 valence electrons. The first-order valence-electron chi connectivity index (χ1n) is 8.42. The van der Waals surface area contributed by atoms with Crippen molar-refractivity contribution in [3.05, 3.63) is 29.3 Å². The van der Waals surface area contributed by atoms with Gasteiger partial charge in [0.1, 0.15) is 12.4 Å². The van der Waals surface area contributed by atoms with Gasteiger partial charge in [-0.3, -0.25) is 9.05 Å². The quantitative estimate of drug-likeness (QED) is 0.368. The highest BCUT2D eigenvalue weighted by molar-refractivity contribution is 7.47. The van der Waals surface area contributed by atoms with Gasteiger partial charge in [-0.25, -0.2) is 4.57 Å². The Labute approximate surface area is 155 Å². The van der Waals surface area contributed by atoms with E-state index in [4.69, 9.17) is 18.5 Å². The second kappa shape index (κ2) is 11.0. The Morgan fingerprint density at radius 2 is 1.81 bits per heavy atom. The van der Waals surface area contributed by atoms with Crippen molar-refractivity contribution in [1.82, 2.24) is 5.32 Å². The van der Waals surface area contributed by atoms with E-state index in [9.17, 15) is 14.6 Å². The summed E-state index contributed by atoms with van der Waals surface area (Å²) >= 11 is 0. The SMILES string of the molecule is CNCCOCCOc1cc(CO)cc(COP(=O)(O)OC(C)(C)C)c1. The lowest BCUT2D eigenvalue weighted by atomic mass is 10.1. The van der Waals surface area contributed by atoms with Crippen molar-refractivity contribution in [2.45, 2.75) is 39.6 Å². The van der Waals surface area contributed by atoms with Crippen LogP contribution in [0.3, 0.4) is 0 Å². The third-order valence-electron chi connectivity index (χ3n) is 2.99. The molecule has 0 radical (unpaired) electrons. The first-order valence-corrected chi connectivity index (χ1v) is 9.92. The van der Waals surface area contributed by atoms with E-state index in [1.165, 1.54) is 0 Å². The van der Waals surface area contributed by atoms with Crippen LogP contribution >= 0.6 is 7.82 Å². The summed E-state index contributed by atoms with van der Waals surface area (Å²) in [6.07, 6.45) is 0. The van der Waals surface area contributed by atoms with Gasteiger partial charge in [0, 0.05) is 6.54 Å². The van der Waals surface area contributed by atoms with Gasteiger partial charge in [0.15, 0.2) is 0 Å². The van der Waals surface area contributed by atoms with E-state index in [1.807, 2.05) is 7.05 Å². The molecule has 0 heterocycles. The molecular weight excluding hydrogens is 361 g/mol. The van der Waals surface area contributed by atoms with Crippen LogP contribution in [0.5, 0.6) is 5.75 Å². The number of benzene rings is 1. The molecule has 0 aliphatic carbocycles. The van der Waals surface area contributed by atoms with Crippen LogP contribution in [0.4, 0.5) is 0 Å². The molecule has 1 unspecified atom stereocenters. The summed E-state index contributed by atoms with van der Waals surface area (Å²) in [6.45, 7) is 6.80. The molecule has 0 bridgehead atoms. The maximum atomic E-state index is 11.9. The molecule has 1 rings (SSSR count). The van der Waals surface area contributed by atoms with E-state index in [1.54, 1.807) is 39.0 Å². The van der Waals surface area contributed by atoms with Crippen LogP contribution in [-0.4, -0.2) is 49.0 Å². The van der Waals surface area contributed by atoms with Crippen molar-refractivity contribution in [3.8, 4) is 5.75 Å². The zero-order valence-electron chi connectivity index (χ0n) is 15.9. The lowest BCUT2D eigenvalue weighted by Gasteiger charge is -2.22. The molecule has 0 saturated heterocycles. The smallest absolute Gasteiger partial charge is 0.473 e. The van der Waals surface area contributed by atoms with Crippen LogP contribution in [-0.2, 0) is 31.6 Å². The molecule has 9 heteroatoms. The summed E-state index contributed by atoms with van der Waals surface area (Å²) in [5.41, 5.74) is 0.398. The van der Waals surface area contributed by atoms with Crippen molar-refractivity contribution in [1.29, 1.82) is 0 Å². The highest BCUT2D eigenvalue weighted by Crippen LogP contribution is 2.47. The van der Waals surface area contributed by atoms with Gasteiger partial charge in [-0.1, -0.05) is 6.07 Å². The standard InChI is InChI=1S/C17H30NO7P/c1-17(2,3)25-26(20,21)24-13-15-9-14(12-19)10-16(11-15)23-8-7-22-6-5-18-4/h9-11,18-19H,5-8,12-13H2,1-4H3,(H,20,21). The molecule has 1 aromatic carbocycles. The van der Waals surface area contributed by atoms with Crippen LogP contribution in [0.15, 0.2) is 18.2 Å². The minimum absolute atomic E-state index is 0.146. The van der Waals surface area contributed by atoms with E-state index >= 15 is 0 Å². The zero-order chi connectivity index (χ0) is 19.6. The molecule has 3 N–H and O–H groups in total. The summed E-state index contributed by atoms with van der Waals surface area (Å²) in [4.78, 5) is 9.76. The number of hydrogen-bond acceptors (Lipinski definition) is 7. The molecule has 0 aliphatic rings. The number of nitrogens with one attached hydrogen (secondary N) is 1. The van der Waals surface area contributed by atoms with Crippen LogP contribution in [0.2, 0.25) is 0 Å². The largest absolute Gasteiger partial charge is 0.491 e. The highest BCUT2D eigenvalue weighted by Gasteiger charge is 2.28. The van der Waals surface area contributed by atoms with Gasteiger partial charge in [-0.05, 0) is 51.1 Å². The minimum Gasteiger partial charge on any atom is -0.491 e. The van der Waals surface area contributed by atoms with Crippen molar-refractivity contribution in [2.75, 3.05) is 33.4 Å². The van der Waals surface area contributed by atoms with Crippen LogP contribution < -0.4 is 10.1 Å². The second-order valence-corrected chi connectivity index (χ2v) is 8.03. The average molecular weight is 391 g/mol. The monoisotopic (exact) mass is 391 g/mol. The molecule has 0 saturated carbocycles. The number of hydrogen-bond donors (Lipinski definition) is 3. The fraction of sp³-hybridized carbons (Fsp3) is 0.647. The summed E-state index contributed by atoms with van der Waals surface area (Å²) in [5, 5.41) is 12.4. The molecule has 0 fully saturated rings. The predicted molar refractivity (Wildman–Crippen MR) is 98.1 cm³/mol. The van der Waals surface area contributed by atoms with Crippen molar-refractivity contribution < 1.29 is 33.1 Å². The van der Waals surface area contributed by atoms with E-state index in [0.29, 0.717) is 36.7 Å². The minimum atomic E-state index is -4.18. The number of likely N-dealkylation sites (N-methyl/N-ethyl adjacent to an activating group) is 1. The summed E-state index contributed by atoms with van der Waals surface area (Å²) < 4.78 is 33.0. The van der Waals surface area contributed by atoms with E-state index in [-0.39, 0.29) is 13.2 Å². The van der Waals surface area contributed by atoms with Crippen molar-refractivity contribution >= 4 is 7.82 Å². The number of rotatable bonds is 12. The van der Waals surface area contributed by atoms with Gasteiger partial charge < -0.3 is 24.8 Å². The van der Waals surface area contributed by atoms with Gasteiger partial charge >= 0.3 is 7.82 Å². The maximum absolute atomic E-state index is 11.9. The molecule has 0 spiro atoms. The fourth-order valence-corrected chi connectivity index (χ4v) is 3.07. The van der Waals surface area contributed by atoms with Crippen molar-refractivity contribution in [3.63, 3.8) is 0 Å². The Hall–Kier alpha value is -0.990. The van der Waals surface area contributed by atoms with E-state index in [2.05, 4.69) is 5.32 Å². The first-order chi connectivity index (χ1) is 12.1. The summed E-state index contributed by atoms with van der Waals surface area (Å²) in [5.74, 6) is 0.525. The number of phosphoric acid groups is 1. The molecule has 1 aromatic rings. The Balaban J connectivity index is 2.61. The van der Waals surface area contributed by atoms with Crippen LogP contribution in [0.25, 0.3) is 0 Å². The Kier molecular flexibility index (Phi) is 9.74. The predicted octanol–water partition coefficient (Wildman–Crippen LogP) is 2.23. The molecule has 0 amide bonds. The number of phosphoric ester groups is 1.